The van der Waals surface area contributed by atoms with Crippen LogP contribution in [0.2, 0.25) is 0 Å². The van der Waals surface area contributed by atoms with E-state index in [1.54, 1.807) is 17.5 Å². The van der Waals surface area contributed by atoms with Crippen LogP contribution in [0.4, 0.5) is 0 Å². The van der Waals surface area contributed by atoms with Crippen LogP contribution >= 0.6 is 11.3 Å². The van der Waals surface area contributed by atoms with E-state index in [4.69, 9.17) is 4.98 Å². The second-order valence-electron chi connectivity index (χ2n) is 4.58. The highest BCUT2D eigenvalue weighted by Crippen LogP contribution is 2.37. The van der Waals surface area contributed by atoms with Crippen LogP contribution < -0.4 is 5.32 Å². The lowest BCUT2D eigenvalue weighted by molar-refractivity contribution is 0.465. The maximum absolute atomic E-state index is 4.71. The number of H-pyrrole nitrogens is 1. The van der Waals surface area contributed by atoms with Gasteiger partial charge in [-0.3, -0.25) is 0 Å². The summed E-state index contributed by atoms with van der Waals surface area (Å²) in [6, 6.07) is 0.479. The van der Waals surface area contributed by atoms with Crippen LogP contribution in [0.1, 0.15) is 42.8 Å². The molecule has 0 spiro atoms. The molecule has 0 amide bonds. The van der Waals surface area contributed by atoms with Gasteiger partial charge >= 0.3 is 0 Å². The Morgan fingerprint density at radius 2 is 2.50 bits per heavy atom. The molecule has 0 aromatic carbocycles. The van der Waals surface area contributed by atoms with Gasteiger partial charge in [-0.1, -0.05) is 6.92 Å². The predicted octanol–water partition coefficient (Wildman–Crippen LogP) is 2.31. The minimum atomic E-state index is 0.479. The van der Waals surface area contributed by atoms with Gasteiger partial charge in [0.05, 0.1) is 11.9 Å². The molecule has 18 heavy (non-hydrogen) atoms. The number of nitrogens with zero attached hydrogens (tertiary/aromatic N) is 3. The predicted molar refractivity (Wildman–Crippen MR) is 71.5 cm³/mol. The molecule has 2 aromatic rings. The van der Waals surface area contributed by atoms with E-state index < -0.39 is 0 Å². The minimum Gasteiger partial charge on any atom is -0.309 e. The Balaban J connectivity index is 1.88. The molecule has 3 rings (SSSR count). The maximum Gasteiger partial charge on any atom is 0.145 e. The van der Waals surface area contributed by atoms with E-state index in [1.165, 1.54) is 29.8 Å². The van der Waals surface area contributed by atoms with E-state index in [0.29, 0.717) is 6.04 Å². The Hall–Kier alpha value is -1.27. The Labute approximate surface area is 110 Å². The number of aromatic nitrogens is 4. The first-order valence-corrected chi connectivity index (χ1v) is 7.29. The second-order valence-corrected chi connectivity index (χ2v) is 5.61. The highest BCUT2D eigenvalue weighted by atomic mass is 32.1. The monoisotopic (exact) mass is 263 g/mol. The van der Waals surface area contributed by atoms with E-state index in [9.17, 15) is 0 Å². The quantitative estimate of drug-likeness (QED) is 0.888. The Bertz CT molecular complexity index is 505. The third-order valence-corrected chi connectivity index (χ3v) is 4.46. The molecule has 0 saturated heterocycles. The summed E-state index contributed by atoms with van der Waals surface area (Å²) in [6.07, 6.45) is 6.43. The van der Waals surface area contributed by atoms with Crippen molar-refractivity contribution in [2.45, 2.75) is 38.6 Å². The van der Waals surface area contributed by atoms with Gasteiger partial charge < -0.3 is 5.32 Å². The molecule has 6 heteroatoms. The standard InChI is InChI=1S/C12H17N5S/c1-2-6-13-8-4-3-5-9-11(8)18-12(15-9)10-7-14-17-16-10/h7-8,13H,2-6H2,1H3,(H,14,16,17). The number of aromatic amines is 1. The lowest BCUT2D eigenvalue weighted by atomic mass is 9.98. The van der Waals surface area contributed by atoms with Gasteiger partial charge in [0, 0.05) is 10.9 Å². The molecule has 96 valence electrons. The molecule has 1 atom stereocenters. The number of hydrogen-bond donors (Lipinski definition) is 2. The smallest absolute Gasteiger partial charge is 0.145 e. The van der Waals surface area contributed by atoms with Crippen LogP contribution in [-0.2, 0) is 6.42 Å². The van der Waals surface area contributed by atoms with Crippen LogP contribution in [0.15, 0.2) is 6.20 Å². The molecule has 0 saturated carbocycles. The molecule has 0 radical (unpaired) electrons. The van der Waals surface area contributed by atoms with E-state index in [2.05, 4.69) is 27.7 Å². The van der Waals surface area contributed by atoms with Crippen LogP contribution in [0, 0.1) is 0 Å². The van der Waals surface area contributed by atoms with Gasteiger partial charge in [-0.2, -0.15) is 15.4 Å². The lowest BCUT2D eigenvalue weighted by Crippen LogP contribution is -2.24. The highest BCUT2D eigenvalue weighted by Gasteiger charge is 2.24. The zero-order valence-corrected chi connectivity index (χ0v) is 11.3. The van der Waals surface area contributed by atoms with Gasteiger partial charge in [0.15, 0.2) is 0 Å². The topological polar surface area (TPSA) is 66.5 Å². The van der Waals surface area contributed by atoms with Crippen molar-refractivity contribution in [1.82, 2.24) is 25.7 Å². The third-order valence-electron chi connectivity index (χ3n) is 3.23. The Kier molecular flexibility index (Phi) is 3.38. The Morgan fingerprint density at radius 1 is 1.56 bits per heavy atom. The highest BCUT2D eigenvalue weighted by molar-refractivity contribution is 7.15. The van der Waals surface area contributed by atoms with Crippen molar-refractivity contribution in [3.8, 4) is 10.7 Å². The van der Waals surface area contributed by atoms with Crippen LogP contribution in [0.5, 0.6) is 0 Å². The molecule has 2 N–H and O–H groups in total. The van der Waals surface area contributed by atoms with E-state index in [0.717, 1.165) is 23.7 Å². The second kappa shape index (κ2) is 5.16. The minimum absolute atomic E-state index is 0.479. The molecule has 1 aliphatic carbocycles. The molecule has 0 bridgehead atoms. The molecular weight excluding hydrogens is 246 g/mol. The van der Waals surface area contributed by atoms with Crippen molar-refractivity contribution in [2.75, 3.05) is 6.54 Å². The van der Waals surface area contributed by atoms with Crippen molar-refractivity contribution >= 4 is 11.3 Å². The van der Waals surface area contributed by atoms with Gasteiger partial charge in [-0.05, 0) is 32.2 Å². The number of hydrogen-bond acceptors (Lipinski definition) is 5. The van der Waals surface area contributed by atoms with E-state index in [-0.39, 0.29) is 0 Å². The fraction of sp³-hybridized carbons (Fsp3) is 0.583. The number of rotatable bonds is 4. The van der Waals surface area contributed by atoms with E-state index in [1.807, 2.05) is 0 Å². The van der Waals surface area contributed by atoms with Gasteiger partial charge in [-0.15, -0.1) is 11.3 Å². The summed E-state index contributed by atoms with van der Waals surface area (Å²) in [5.74, 6) is 0. The van der Waals surface area contributed by atoms with Crippen molar-refractivity contribution in [2.24, 2.45) is 0 Å². The van der Waals surface area contributed by atoms with E-state index >= 15 is 0 Å². The normalized spacial score (nSPS) is 18.8. The summed E-state index contributed by atoms with van der Waals surface area (Å²) in [4.78, 5) is 6.10. The van der Waals surface area contributed by atoms with Crippen LogP contribution in [0.3, 0.4) is 0 Å². The first kappa shape index (κ1) is 11.8. The third kappa shape index (κ3) is 2.18. The molecule has 0 aliphatic heterocycles. The molecule has 0 fully saturated rings. The molecule has 2 heterocycles. The average molecular weight is 263 g/mol. The lowest BCUT2D eigenvalue weighted by Gasteiger charge is -2.22. The molecule has 1 unspecified atom stereocenters. The number of thiazole rings is 1. The summed E-state index contributed by atoms with van der Waals surface area (Å²) in [6.45, 7) is 3.27. The molecule has 1 aliphatic rings. The fourth-order valence-electron chi connectivity index (χ4n) is 2.35. The van der Waals surface area contributed by atoms with Gasteiger partial charge in [0.25, 0.3) is 0 Å². The molecular formula is C12H17N5S. The average Bonchev–Trinajstić information content (AvgIpc) is 3.03. The number of fused-ring (bicyclic) bond motifs is 1. The molecule has 5 nitrogen and oxygen atoms in total. The summed E-state index contributed by atoms with van der Waals surface area (Å²) in [5.41, 5.74) is 2.10. The van der Waals surface area contributed by atoms with Gasteiger partial charge in [0.2, 0.25) is 0 Å². The SMILES string of the molecule is CCCNC1CCCc2nc(-c3cn[nH]n3)sc21. The number of nitrogens with one attached hydrogen (secondary N) is 2. The summed E-state index contributed by atoms with van der Waals surface area (Å²) < 4.78 is 0. The summed E-state index contributed by atoms with van der Waals surface area (Å²) in [5, 5.41) is 15.2. The van der Waals surface area contributed by atoms with Crippen molar-refractivity contribution in [3.63, 3.8) is 0 Å². The van der Waals surface area contributed by atoms with Crippen LogP contribution in [0.25, 0.3) is 10.7 Å². The van der Waals surface area contributed by atoms with Crippen molar-refractivity contribution in [1.29, 1.82) is 0 Å². The largest absolute Gasteiger partial charge is 0.309 e. The summed E-state index contributed by atoms with van der Waals surface area (Å²) >= 11 is 1.76. The van der Waals surface area contributed by atoms with Crippen molar-refractivity contribution < 1.29 is 0 Å². The maximum atomic E-state index is 4.71. The Morgan fingerprint density at radius 3 is 3.28 bits per heavy atom. The van der Waals surface area contributed by atoms with Crippen LogP contribution in [-0.4, -0.2) is 26.9 Å². The fourth-order valence-corrected chi connectivity index (χ4v) is 3.52. The van der Waals surface area contributed by atoms with Gasteiger partial charge in [0.1, 0.15) is 10.7 Å². The molecule has 2 aromatic heterocycles. The number of aryl methyl sites for hydroxylation is 1. The van der Waals surface area contributed by atoms with Crippen molar-refractivity contribution in [3.05, 3.63) is 16.8 Å². The summed E-state index contributed by atoms with van der Waals surface area (Å²) in [7, 11) is 0. The zero-order chi connectivity index (χ0) is 12.4. The first-order chi connectivity index (χ1) is 8.88. The van der Waals surface area contributed by atoms with Gasteiger partial charge in [-0.25, -0.2) is 4.98 Å². The zero-order valence-electron chi connectivity index (χ0n) is 10.4. The first-order valence-electron chi connectivity index (χ1n) is 6.47.